The average Bonchev–Trinajstić information content (AvgIpc) is 2.50. The maximum Gasteiger partial charge on any atom is 0.214 e. The maximum atomic E-state index is 7.61. The van der Waals surface area contributed by atoms with E-state index in [4.69, 9.17) is 10.2 Å². The van der Waals surface area contributed by atoms with Gasteiger partial charge in [-0.2, -0.15) is 0 Å². The Bertz CT molecular complexity index is 497. The van der Waals surface area contributed by atoms with Crippen molar-refractivity contribution in [2.45, 2.75) is 0 Å². The lowest BCUT2D eigenvalue weighted by atomic mass is 10.5. The summed E-state index contributed by atoms with van der Waals surface area (Å²) in [5, 5.41) is 15.1. The summed E-state index contributed by atoms with van der Waals surface area (Å²) < 4.78 is 1.69. The highest BCUT2D eigenvalue weighted by atomic mass is 16.7. The van der Waals surface area contributed by atoms with Gasteiger partial charge in [-0.15, -0.1) is 5.10 Å². The van der Waals surface area contributed by atoms with Gasteiger partial charge in [-0.1, -0.05) is 4.85 Å². The van der Waals surface area contributed by atoms with E-state index in [0.717, 1.165) is 4.85 Å². The Hall–Kier alpha value is -1.92. The zero-order valence-electron chi connectivity index (χ0n) is 7.22. The molecule has 0 aromatic carbocycles. The number of aryl methyl sites for hydroxylation is 1. The molecular formula is C6H8N6O. The molecule has 0 unspecified atom stereocenters. The lowest BCUT2D eigenvalue weighted by molar-refractivity contribution is 0.111. The lowest BCUT2D eigenvalue weighted by Crippen LogP contribution is -2.28. The second kappa shape index (κ2) is 2.54. The molecule has 0 amide bonds. The lowest BCUT2D eigenvalue weighted by Gasteiger charge is -2.00. The highest BCUT2D eigenvalue weighted by Gasteiger charge is 2.06. The van der Waals surface area contributed by atoms with Gasteiger partial charge in [0.1, 0.15) is 7.11 Å². The Kier molecular flexibility index (Phi) is 1.51. The minimum atomic E-state index is 0.0908. The van der Waals surface area contributed by atoms with Gasteiger partial charge in [0.05, 0.1) is 6.33 Å². The van der Waals surface area contributed by atoms with E-state index in [0.29, 0.717) is 11.2 Å². The molecule has 0 bridgehead atoms. The topological polar surface area (TPSA) is 81.6 Å². The second-order valence-corrected chi connectivity index (χ2v) is 2.52. The van der Waals surface area contributed by atoms with Crippen molar-refractivity contribution in [2.24, 2.45) is 7.05 Å². The predicted octanol–water partition coefficient (Wildman–Crippen LogP) is -1.30. The first-order valence-electron chi connectivity index (χ1n) is 3.60. The van der Waals surface area contributed by atoms with E-state index in [1.54, 1.807) is 17.9 Å². The van der Waals surface area contributed by atoms with Crippen LogP contribution in [0.2, 0.25) is 0 Å². The molecule has 0 atom stereocenters. The Morgan fingerprint density at radius 2 is 2.31 bits per heavy atom. The van der Waals surface area contributed by atoms with Gasteiger partial charge in [-0.3, -0.25) is 5.41 Å². The number of imidazole rings is 1. The van der Waals surface area contributed by atoms with Crippen LogP contribution < -0.4 is 10.3 Å². The molecule has 0 radical (unpaired) electrons. The SMILES string of the molecule is COn1nnc2c(ncn2C)c1=N. The van der Waals surface area contributed by atoms with Crippen LogP contribution in [-0.2, 0) is 7.05 Å². The molecule has 0 aliphatic carbocycles. The molecule has 7 nitrogen and oxygen atoms in total. The molecule has 0 saturated heterocycles. The van der Waals surface area contributed by atoms with Crippen LogP contribution in [0.4, 0.5) is 0 Å². The minimum absolute atomic E-state index is 0.0908. The Morgan fingerprint density at radius 1 is 1.54 bits per heavy atom. The Balaban J connectivity index is 2.88. The fourth-order valence-corrected chi connectivity index (χ4v) is 1.05. The van der Waals surface area contributed by atoms with Gasteiger partial charge >= 0.3 is 0 Å². The van der Waals surface area contributed by atoms with Crippen molar-refractivity contribution in [1.29, 1.82) is 5.41 Å². The molecule has 2 aromatic heterocycles. The van der Waals surface area contributed by atoms with Crippen LogP contribution in [0.1, 0.15) is 0 Å². The van der Waals surface area contributed by atoms with E-state index in [2.05, 4.69) is 15.3 Å². The predicted molar refractivity (Wildman–Crippen MR) is 42.7 cm³/mol. The molecule has 1 N–H and O–H groups in total. The van der Waals surface area contributed by atoms with Gasteiger partial charge < -0.3 is 9.40 Å². The number of nitrogens with zero attached hydrogens (tertiary/aromatic N) is 5. The number of fused-ring (bicyclic) bond motifs is 1. The van der Waals surface area contributed by atoms with Crippen molar-refractivity contribution >= 4 is 11.2 Å². The number of hydrogen-bond acceptors (Lipinski definition) is 5. The van der Waals surface area contributed by atoms with Gasteiger partial charge in [0.15, 0.2) is 11.2 Å². The molecule has 0 aliphatic rings. The zero-order chi connectivity index (χ0) is 9.42. The van der Waals surface area contributed by atoms with Crippen LogP contribution in [0.3, 0.4) is 0 Å². The third-order valence-electron chi connectivity index (χ3n) is 1.72. The maximum absolute atomic E-state index is 7.61. The molecule has 0 fully saturated rings. The number of nitrogens with one attached hydrogen (secondary N) is 1. The quantitative estimate of drug-likeness (QED) is 0.591. The molecule has 0 spiro atoms. The Labute approximate surface area is 73.0 Å². The third-order valence-corrected chi connectivity index (χ3v) is 1.72. The van der Waals surface area contributed by atoms with Gasteiger partial charge in [0.25, 0.3) is 0 Å². The molecule has 0 saturated carbocycles. The summed E-state index contributed by atoms with van der Waals surface area (Å²) in [4.78, 5) is 9.78. The Morgan fingerprint density at radius 3 is 3.00 bits per heavy atom. The van der Waals surface area contributed by atoms with Gasteiger partial charge in [0.2, 0.25) is 5.49 Å². The smallest absolute Gasteiger partial charge is 0.214 e. The summed E-state index contributed by atoms with van der Waals surface area (Å²) >= 11 is 0. The van der Waals surface area contributed by atoms with Gasteiger partial charge in [-0.05, 0) is 5.21 Å². The number of rotatable bonds is 1. The number of hydrogen-bond donors (Lipinski definition) is 1. The molecule has 68 valence electrons. The normalized spacial score (nSPS) is 10.6. The summed E-state index contributed by atoms with van der Waals surface area (Å²) in [6.07, 6.45) is 1.58. The molecular weight excluding hydrogens is 172 g/mol. The van der Waals surface area contributed by atoms with Crippen molar-refractivity contribution in [3.05, 3.63) is 11.8 Å². The van der Waals surface area contributed by atoms with E-state index < -0.39 is 0 Å². The third kappa shape index (κ3) is 0.968. The van der Waals surface area contributed by atoms with Crippen LogP contribution in [0.5, 0.6) is 0 Å². The second-order valence-electron chi connectivity index (χ2n) is 2.52. The molecule has 2 heterocycles. The van der Waals surface area contributed by atoms with Gasteiger partial charge in [-0.25, -0.2) is 4.98 Å². The summed E-state index contributed by atoms with van der Waals surface area (Å²) in [7, 11) is 3.21. The summed E-state index contributed by atoms with van der Waals surface area (Å²) in [5.41, 5.74) is 1.13. The van der Waals surface area contributed by atoms with Crippen LogP contribution in [0, 0.1) is 5.41 Å². The fraction of sp³-hybridized carbons (Fsp3) is 0.333. The van der Waals surface area contributed by atoms with Crippen molar-refractivity contribution in [1.82, 2.24) is 24.7 Å². The van der Waals surface area contributed by atoms with Crippen LogP contribution in [0.25, 0.3) is 11.2 Å². The number of aromatic nitrogens is 5. The van der Waals surface area contributed by atoms with Crippen LogP contribution >= 0.6 is 0 Å². The van der Waals surface area contributed by atoms with Crippen molar-refractivity contribution < 1.29 is 4.84 Å². The first-order chi connectivity index (χ1) is 6.24. The summed E-state index contributed by atoms with van der Waals surface area (Å²) in [5.74, 6) is 0. The van der Waals surface area contributed by atoms with Crippen molar-refractivity contribution in [2.75, 3.05) is 7.11 Å². The standard InChI is InChI=1S/C6H8N6O/c1-11-3-8-4-5(7)12(13-2)10-9-6(4)11/h3,7H,1-2H3. The highest BCUT2D eigenvalue weighted by Crippen LogP contribution is 1.99. The van der Waals surface area contributed by atoms with E-state index in [-0.39, 0.29) is 5.49 Å². The largest absolute Gasteiger partial charge is 0.397 e. The fourth-order valence-electron chi connectivity index (χ4n) is 1.05. The highest BCUT2D eigenvalue weighted by molar-refractivity contribution is 5.67. The van der Waals surface area contributed by atoms with E-state index in [1.165, 1.54) is 7.11 Å². The van der Waals surface area contributed by atoms with Crippen LogP contribution in [0.15, 0.2) is 6.33 Å². The average molecular weight is 180 g/mol. The van der Waals surface area contributed by atoms with Crippen molar-refractivity contribution in [3.8, 4) is 0 Å². The first-order valence-corrected chi connectivity index (χ1v) is 3.60. The first kappa shape index (κ1) is 7.71. The minimum Gasteiger partial charge on any atom is -0.397 e. The van der Waals surface area contributed by atoms with E-state index in [1.807, 2.05) is 0 Å². The molecule has 0 aliphatic heterocycles. The molecule has 2 rings (SSSR count). The molecule has 7 heteroatoms. The molecule has 2 aromatic rings. The van der Waals surface area contributed by atoms with E-state index >= 15 is 0 Å². The monoisotopic (exact) mass is 180 g/mol. The summed E-state index contributed by atoms with van der Waals surface area (Å²) in [6, 6.07) is 0. The molecule has 13 heavy (non-hydrogen) atoms. The zero-order valence-corrected chi connectivity index (χ0v) is 7.22. The van der Waals surface area contributed by atoms with Crippen LogP contribution in [-0.4, -0.2) is 31.8 Å². The van der Waals surface area contributed by atoms with Gasteiger partial charge in [0, 0.05) is 7.05 Å². The summed E-state index contributed by atoms with van der Waals surface area (Å²) in [6.45, 7) is 0. The van der Waals surface area contributed by atoms with Crippen molar-refractivity contribution in [3.63, 3.8) is 0 Å². The van der Waals surface area contributed by atoms with E-state index in [9.17, 15) is 0 Å².